The molecule has 0 saturated heterocycles. The Bertz CT molecular complexity index is 764. The first-order valence-corrected chi connectivity index (χ1v) is 7.24. The summed E-state index contributed by atoms with van der Waals surface area (Å²) in [6.07, 6.45) is 4.89. The summed E-state index contributed by atoms with van der Waals surface area (Å²) in [7, 11) is 3.07. The van der Waals surface area contributed by atoms with Crippen LogP contribution in [-0.2, 0) is 4.79 Å². The molecule has 0 aromatic heterocycles. The smallest absolute Gasteiger partial charge is 0.247 e. The average Bonchev–Trinajstić information content (AvgIpc) is 2.62. The zero-order valence-electron chi connectivity index (χ0n) is 13.6. The molecular formula is C19H19NO4. The maximum absolute atomic E-state index is 11.5. The summed E-state index contributed by atoms with van der Waals surface area (Å²) >= 11 is 0. The second kappa shape index (κ2) is 7.87. The fraction of sp³-hybridized carbons (Fsp3) is 0.105. The molecule has 0 radical (unpaired) electrons. The van der Waals surface area contributed by atoms with E-state index < -0.39 is 5.91 Å². The van der Waals surface area contributed by atoms with E-state index in [1.165, 1.54) is 7.11 Å². The summed E-state index contributed by atoms with van der Waals surface area (Å²) in [6, 6.07) is 10.9. The lowest BCUT2D eigenvalue weighted by atomic mass is 10.1. The lowest BCUT2D eigenvalue weighted by Gasteiger charge is -2.11. The Morgan fingerprint density at radius 1 is 1.08 bits per heavy atom. The minimum absolute atomic E-state index is 0.130. The van der Waals surface area contributed by atoms with Gasteiger partial charge in [-0.25, -0.2) is 0 Å². The Hall–Kier alpha value is -3.21. The predicted molar refractivity (Wildman–Crippen MR) is 95.4 cm³/mol. The third-order valence-electron chi connectivity index (χ3n) is 3.34. The van der Waals surface area contributed by atoms with E-state index in [-0.39, 0.29) is 17.2 Å². The third kappa shape index (κ3) is 4.16. The minimum Gasteiger partial charge on any atom is -0.503 e. The molecule has 5 heteroatoms. The molecular weight excluding hydrogens is 306 g/mol. The quantitative estimate of drug-likeness (QED) is 0.483. The number of phenols is 1. The number of methoxy groups -OCH3 is 2. The number of aromatic hydroxyl groups is 1. The second-order valence-corrected chi connectivity index (χ2v) is 4.92. The zero-order valence-corrected chi connectivity index (χ0v) is 13.6. The van der Waals surface area contributed by atoms with Crippen LogP contribution in [0.15, 0.2) is 49.1 Å². The highest BCUT2D eigenvalue weighted by molar-refractivity contribution is 6.00. The largest absolute Gasteiger partial charge is 0.503 e. The van der Waals surface area contributed by atoms with E-state index in [1.54, 1.807) is 19.2 Å². The second-order valence-electron chi connectivity index (χ2n) is 4.92. The van der Waals surface area contributed by atoms with Crippen LogP contribution in [0.5, 0.6) is 17.2 Å². The molecule has 2 aromatic carbocycles. The molecule has 0 aliphatic carbocycles. The van der Waals surface area contributed by atoms with Crippen LogP contribution in [0.25, 0.3) is 12.2 Å². The fourth-order valence-corrected chi connectivity index (χ4v) is 2.07. The van der Waals surface area contributed by atoms with E-state index in [0.29, 0.717) is 0 Å². The van der Waals surface area contributed by atoms with Crippen molar-refractivity contribution < 1.29 is 19.4 Å². The Morgan fingerprint density at radius 2 is 1.75 bits per heavy atom. The van der Waals surface area contributed by atoms with Gasteiger partial charge in [-0.15, -0.1) is 0 Å². The van der Waals surface area contributed by atoms with Crippen molar-refractivity contribution in [1.29, 1.82) is 0 Å². The average molecular weight is 325 g/mol. The molecule has 0 saturated carbocycles. The van der Waals surface area contributed by atoms with Gasteiger partial charge in [-0.3, -0.25) is 4.79 Å². The predicted octanol–water partition coefficient (Wildman–Crippen LogP) is 3.70. The SMILES string of the molecule is C=CC(=O)Nc1cc(/C=C/c2ccc(OC)cc2)cc(OC)c1O. The van der Waals surface area contributed by atoms with Crippen LogP contribution in [0.2, 0.25) is 0 Å². The van der Waals surface area contributed by atoms with Crippen LogP contribution in [0.3, 0.4) is 0 Å². The summed E-state index contributed by atoms with van der Waals surface area (Å²) in [5.74, 6) is 0.511. The first-order chi connectivity index (χ1) is 11.6. The number of rotatable bonds is 6. The van der Waals surface area contributed by atoms with Crippen molar-refractivity contribution in [3.8, 4) is 17.2 Å². The number of anilines is 1. The molecule has 0 atom stereocenters. The summed E-state index contributed by atoms with van der Waals surface area (Å²) < 4.78 is 10.3. The monoisotopic (exact) mass is 325 g/mol. The van der Waals surface area contributed by atoms with Gasteiger partial charge in [-0.05, 0) is 41.5 Å². The molecule has 2 N–H and O–H groups in total. The van der Waals surface area contributed by atoms with Crippen molar-refractivity contribution in [1.82, 2.24) is 0 Å². The number of hydrogen-bond donors (Lipinski definition) is 2. The molecule has 2 rings (SSSR count). The van der Waals surface area contributed by atoms with Crippen molar-refractivity contribution in [2.24, 2.45) is 0 Å². The van der Waals surface area contributed by atoms with Crippen molar-refractivity contribution >= 4 is 23.7 Å². The lowest BCUT2D eigenvalue weighted by molar-refractivity contribution is -0.111. The number of ether oxygens (including phenoxy) is 2. The van der Waals surface area contributed by atoms with Gasteiger partial charge in [0.05, 0.1) is 19.9 Å². The molecule has 0 fully saturated rings. The minimum atomic E-state index is -0.413. The van der Waals surface area contributed by atoms with Crippen LogP contribution in [0.1, 0.15) is 11.1 Å². The molecule has 124 valence electrons. The number of amides is 1. The fourth-order valence-electron chi connectivity index (χ4n) is 2.07. The molecule has 0 heterocycles. The lowest BCUT2D eigenvalue weighted by Crippen LogP contribution is -2.08. The van der Waals surface area contributed by atoms with Gasteiger partial charge in [0.25, 0.3) is 0 Å². The molecule has 0 spiro atoms. The number of nitrogens with one attached hydrogen (secondary N) is 1. The van der Waals surface area contributed by atoms with E-state index in [1.807, 2.05) is 36.4 Å². The van der Waals surface area contributed by atoms with Gasteiger partial charge in [0, 0.05) is 0 Å². The highest BCUT2D eigenvalue weighted by Gasteiger charge is 2.11. The molecule has 24 heavy (non-hydrogen) atoms. The Balaban J connectivity index is 2.31. The number of hydrogen-bond acceptors (Lipinski definition) is 4. The third-order valence-corrected chi connectivity index (χ3v) is 3.34. The Kier molecular flexibility index (Phi) is 5.63. The van der Waals surface area contributed by atoms with E-state index in [9.17, 15) is 9.90 Å². The van der Waals surface area contributed by atoms with Crippen LogP contribution in [0.4, 0.5) is 5.69 Å². The van der Waals surface area contributed by atoms with Gasteiger partial charge < -0.3 is 19.9 Å². The van der Waals surface area contributed by atoms with Crippen LogP contribution in [0, 0.1) is 0 Å². The van der Waals surface area contributed by atoms with Crippen molar-refractivity contribution in [2.45, 2.75) is 0 Å². The topological polar surface area (TPSA) is 67.8 Å². The van der Waals surface area contributed by atoms with Crippen LogP contribution >= 0.6 is 0 Å². The Morgan fingerprint density at radius 3 is 2.33 bits per heavy atom. The molecule has 0 aliphatic heterocycles. The number of carbonyl (C=O) groups is 1. The van der Waals surface area contributed by atoms with Crippen molar-refractivity contribution in [3.05, 3.63) is 60.2 Å². The Labute approximate surface area is 140 Å². The summed E-state index contributed by atoms with van der Waals surface area (Å²) in [6.45, 7) is 3.39. The van der Waals surface area contributed by atoms with E-state index in [2.05, 4.69) is 11.9 Å². The van der Waals surface area contributed by atoms with E-state index in [4.69, 9.17) is 9.47 Å². The molecule has 0 bridgehead atoms. The van der Waals surface area contributed by atoms with E-state index in [0.717, 1.165) is 23.0 Å². The number of carbonyl (C=O) groups excluding carboxylic acids is 1. The van der Waals surface area contributed by atoms with Crippen LogP contribution < -0.4 is 14.8 Å². The van der Waals surface area contributed by atoms with Gasteiger partial charge in [-0.1, -0.05) is 30.9 Å². The maximum atomic E-state index is 11.5. The summed E-state index contributed by atoms with van der Waals surface area (Å²) in [4.78, 5) is 11.5. The maximum Gasteiger partial charge on any atom is 0.247 e. The molecule has 5 nitrogen and oxygen atoms in total. The highest BCUT2D eigenvalue weighted by Crippen LogP contribution is 2.36. The van der Waals surface area contributed by atoms with Gasteiger partial charge in [0.2, 0.25) is 5.91 Å². The number of benzene rings is 2. The summed E-state index contributed by atoms with van der Waals surface area (Å²) in [5, 5.41) is 12.6. The molecule has 2 aromatic rings. The molecule has 0 aliphatic rings. The van der Waals surface area contributed by atoms with Crippen molar-refractivity contribution in [2.75, 3.05) is 19.5 Å². The van der Waals surface area contributed by atoms with Gasteiger partial charge >= 0.3 is 0 Å². The van der Waals surface area contributed by atoms with Crippen LogP contribution in [-0.4, -0.2) is 25.2 Å². The van der Waals surface area contributed by atoms with Crippen molar-refractivity contribution in [3.63, 3.8) is 0 Å². The first kappa shape index (κ1) is 17.1. The van der Waals surface area contributed by atoms with E-state index >= 15 is 0 Å². The van der Waals surface area contributed by atoms with Gasteiger partial charge in [0.15, 0.2) is 11.5 Å². The van der Waals surface area contributed by atoms with Gasteiger partial charge in [-0.2, -0.15) is 0 Å². The molecule has 0 unspecified atom stereocenters. The molecule has 1 amide bonds. The van der Waals surface area contributed by atoms with Gasteiger partial charge in [0.1, 0.15) is 5.75 Å². The standard InChI is InChI=1S/C19H19NO4/c1-4-18(21)20-16-11-14(12-17(24-3)19(16)22)6-5-13-7-9-15(23-2)10-8-13/h4-12,22H,1H2,2-3H3,(H,20,21)/b6-5+. The first-order valence-electron chi connectivity index (χ1n) is 7.24. The summed E-state index contributed by atoms with van der Waals surface area (Å²) in [5.41, 5.74) is 2.01. The highest BCUT2D eigenvalue weighted by atomic mass is 16.5. The number of phenolic OH excluding ortho intramolecular Hbond substituents is 1. The zero-order chi connectivity index (χ0) is 17.5. The normalized spacial score (nSPS) is 10.4.